The van der Waals surface area contributed by atoms with Gasteiger partial charge in [0.1, 0.15) is 5.75 Å². The van der Waals surface area contributed by atoms with Crippen molar-refractivity contribution in [3.63, 3.8) is 0 Å². The van der Waals surface area contributed by atoms with Gasteiger partial charge < -0.3 is 10.1 Å². The summed E-state index contributed by atoms with van der Waals surface area (Å²) in [6.07, 6.45) is 7.86. The highest BCUT2D eigenvalue weighted by atomic mass is 16.5. The molecule has 1 aliphatic carbocycles. The lowest BCUT2D eigenvalue weighted by molar-refractivity contribution is 0.0930. The molecule has 1 heterocycles. The van der Waals surface area contributed by atoms with Gasteiger partial charge >= 0.3 is 0 Å². The highest BCUT2D eigenvalue weighted by molar-refractivity contribution is 5.97. The zero-order valence-corrected chi connectivity index (χ0v) is 19.8. The van der Waals surface area contributed by atoms with E-state index in [1.807, 2.05) is 31.3 Å². The number of ether oxygens (including phenoxy) is 1. The molecule has 4 heteroatoms. The fourth-order valence-electron chi connectivity index (χ4n) is 4.51. The lowest BCUT2D eigenvalue weighted by Gasteiger charge is -2.21. The number of benzene rings is 3. The van der Waals surface area contributed by atoms with Crippen molar-refractivity contribution in [2.24, 2.45) is 0 Å². The first-order valence-electron chi connectivity index (χ1n) is 11.6. The summed E-state index contributed by atoms with van der Waals surface area (Å²) >= 11 is 0. The number of aromatic nitrogens is 1. The monoisotopic (exact) mass is 448 g/mol. The van der Waals surface area contributed by atoms with Crippen molar-refractivity contribution in [2.45, 2.75) is 32.2 Å². The molecular formula is C30H28N2O2. The van der Waals surface area contributed by atoms with Crippen LogP contribution in [0.4, 0.5) is 0 Å². The Hall–Kier alpha value is -3.92. The van der Waals surface area contributed by atoms with E-state index in [0.717, 1.165) is 46.0 Å². The van der Waals surface area contributed by atoms with E-state index in [4.69, 9.17) is 4.74 Å². The second kappa shape index (κ2) is 8.79. The fraction of sp³-hybridized carbons (Fsp3) is 0.200. The van der Waals surface area contributed by atoms with Gasteiger partial charge in [0, 0.05) is 17.1 Å². The van der Waals surface area contributed by atoms with Gasteiger partial charge in [0.2, 0.25) is 0 Å². The number of rotatable bonds is 6. The van der Waals surface area contributed by atoms with Crippen molar-refractivity contribution in [1.82, 2.24) is 10.3 Å². The summed E-state index contributed by atoms with van der Waals surface area (Å²) in [5, 5.41) is 4.43. The van der Waals surface area contributed by atoms with Crippen LogP contribution < -0.4 is 10.1 Å². The first-order valence-corrected chi connectivity index (χ1v) is 11.6. The van der Waals surface area contributed by atoms with E-state index in [1.54, 1.807) is 13.2 Å². The summed E-state index contributed by atoms with van der Waals surface area (Å²) in [4.78, 5) is 18.0. The minimum absolute atomic E-state index is 0.0772. The third kappa shape index (κ3) is 4.32. The molecule has 1 aliphatic rings. The Morgan fingerprint density at radius 3 is 2.56 bits per heavy atom. The Labute approximate surface area is 200 Å². The van der Waals surface area contributed by atoms with Crippen molar-refractivity contribution in [1.29, 1.82) is 0 Å². The third-order valence-corrected chi connectivity index (χ3v) is 6.56. The highest BCUT2D eigenvalue weighted by Crippen LogP contribution is 2.48. The number of pyridine rings is 1. The van der Waals surface area contributed by atoms with Crippen molar-refractivity contribution in [3.05, 3.63) is 106 Å². The maximum absolute atomic E-state index is 13.3. The Balaban J connectivity index is 1.52. The number of hydrogen-bond acceptors (Lipinski definition) is 3. The number of hydrogen-bond donors (Lipinski definition) is 1. The molecule has 0 saturated heterocycles. The highest BCUT2D eigenvalue weighted by Gasteiger charge is 2.47. The van der Waals surface area contributed by atoms with Crippen LogP contribution in [-0.2, 0) is 5.54 Å². The molecule has 1 N–H and O–H groups in total. The predicted octanol–water partition coefficient (Wildman–Crippen LogP) is 6.45. The van der Waals surface area contributed by atoms with Crippen LogP contribution in [0.25, 0.3) is 23.1 Å². The summed E-state index contributed by atoms with van der Waals surface area (Å²) in [5.41, 5.74) is 6.69. The summed E-state index contributed by atoms with van der Waals surface area (Å²) in [7, 11) is 1.61. The van der Waals surface area contributed by atoms with Crippen LogP contribution in [-0.4, -0.2) is 18.0 Å². The minimum atomic E-state index is -0.388. The van der Waals surface area contributed by atoms with E-state index < -0.39 is 0 Å². The van der Waals surface area contributed by atoms with Gasteiger partial charge in [-0.3, -0.25) is 9.78 Å². The standard InChI is InChI=1S/C30H28N2O2/c1-20-6-4-7-22(16-20)10-11-23-17-27(25-8-5-15-31-28(25)18-23)30(13-14-30)32-29(33)26-19-24(34-3)12-9-21(26)2/h4-12,15-19H,13-14H2,1-3H3,(H,32,33)/b11-10+. The Morgan fingerprint density at radius 1 is 0.971 bits per heavy atom. The van der Waals surface area contributed by atoms with Crippen molar-refractivity contribution in [3.8, 4) is 5.75 Å². The van der Waals surface area contributed by atoms with Gasteiger partial charge in [-0.2, -0.15) is 0 Å². The molecule has 4 aromatic rings. The lowest BCUT2D eigenvalue weighted by Crippen LogP contribution is -2.35. The molecule has 0 atom stereocenters. The van der Waals surface area contributed by atoms with Crippen LogP contribution in [0.15, 0.2) is 72.9 Å². The average molecular weight is 449 g/mol. The second-order valence-electron chi connectivity index (χ2n) is 9.10. The van der Waals surface area contributed by atoms with Crippen molar-refractivity contribution >= 4 is 29.0 Å². The van der Waals surface area contributed by atoms with Crippen molar-refractivity contribution < 1.29 is 9.53 Å². The van der Waals surface area contributed by atoms with E-state index in [9.17, 15) is 4.79 Å². The molecule has 0 bridgehead atoms. The largest absolute Gasteiger partial charge is 0.497 e. The molecule has 5 rings (SSSR count). The normalized spacial score (nSPS) is 14.3. The molecule has 1 aromatic heterocycles. The number of carbonyl (C=O) groups is 1. The minimum Gasteiger partial charge on any atom is -0.497 e. The van der Waals surface area contributed by atoms with Crippen LogP contribution in [0.5, 0.6) is 5.75 Å². The predicted molar refractivity (Wildman–Crippen MR) is 138 cm³/mol. The Kier molecular flexibility index (Phi) is 5.66. The van der Waals surface area contributed by atoms with Gasteiger partial charge in [0.25, 0.3) is 5.91 Å². The molecule has 0 unspecified atom stereocenters. The quantitative estimate of drug-likeness (QED) is 0.345. The maximum atomic E-state index is 13.3. The molecule has 4 nitrogen and oxygen atoms in total. The van der Waals surface area contributed by atoms with Gasteiger partial charge in [0.15, 0.2) is 0 Å². The van der Waals surface area contributed by atoms with Gasteiger partial charge in [-0.05, 0) is 79.3 Å². The van der Waals surface area contributed by atoms with Crippen LogP contribution >= 0.6 is 0 Å². The number of amides is 1. The Morgan fingerprint density at radius 2 is 1.79 bits per heavy atom. The SMILES string of the molecule is COc1ccc(C)c(C(=O)NC2(c3cc(/C=C/c4cccc(C)c4)cc4ncccc34)CC2)c1. The smallest absolute Gasteiger partial charge is 0.252 e. The van der Waals surface area contributed by atoms with Crippen molar-refractivity contribution in [2.75, 3.05) is 7.11 Å². The molecule has 1 fully saturated rings. The number of nitrogens with zero attached hydrogens (tertiary/aromatic N) is 1. The zero-order chi connectivity index (χ0) is 23.7. The van der Waals surface area contributed by atoms with Gasteiger partial charge in [-0.25, -0.2) is 0 Å². The molecular weight excluding hydrogens is 420 g/mol. The number of aryl methyl sites for hydroxylation is 2. The second-order valence-corrected chi connectivity index (χ2v) is 9.10. The lowest BCUT2D eigenvalue weighted by atomic mass is 9.95. The molecule has 34 heavy (non-hydrogen) atoms. The fourth-order valence-corrected chi connectivity index (χ4v) is 4.51. The summed E-state index contributed by atoms with van der Waals surface area (Å²) in [5.74, 6) is 0.602. The molecule has 1 amide bonds. The Bertz CT molecular complexity index is 1420. The molecule has 1 saturated carbocycles. The average Bonchev–Trinajstić information content (AvgIpc) is 3.63. The van der Waals surface area contributed by atoms with Gasteiger partial charge in [-0.15, -0.1) is 0 Å². The number of fused-ring (bicyclic) bond motifs is 1. The van der Waals surface area contributed by atoms with Gasteiger partial charge in [0.05, 0.1) is 18.2 Å². The summed E-state index contributed by atoms with van der Waals surface area (Å²) < 4.78 is 5.34. The van der Waals surface area contributed by atoms with E-state index in [1.165, 1.54) is 5.56 Å². The molecule has 170 valence electrons. The number of methoxy groups -OCH3 is 1. The summed E-state index contributed by atoms with van der Waals surface area (Å²) in [6, 6.07) is 22.4. The molecule has 0 spiro atoms. The third-order valence-electron chi connectivity index (χ3n) is 6.56. The maximum Gasteiger partial charge on any atom is 0.252 e. The van der Waals surface area contributed by atoms with E-state index in [2.05, 4.69) is 71.8 Å². The van der Waals surface area contributed by atoms with Crippen LogP contribution in [0.2, 0.25) is 0 Å². The zero-order valence-electron chi connectivity index (χ0n) is 19.8. The van der Waals surface area contributed by atoms with E-state index in [0.29, 0.717) is 11.3 Å². The molecule has 3 aromatic carbocycles. The van der Waals surface area contributed by atoms with Crippen LogP contribution in [0, 0.1) is 13.8 Å². The molecule has 0 aliphatic heterocycles. The topological polar surface area (TPSA) is 51.2 Å². The first kappa shape index (κ1) is 21.9. The van der Waals surface area contributed by atoms with E-state index in [-0.39, 0.29) is 11.4 Å². The van der Waals surface area contributed by atoms with Crippen LogP contribution in [0.3, 0.4) is 0 Å². The first-order chi connectivity index (χ1) is 16.5. The van der Waals surface area contributed by atoms with Gasteiger partial charge in [-0.1, -0.05) is 54.1 Å². The van der Waals surface area contributed by atoms with E-state index >= 15 is 0 Å². The molecule has 0 radical (unpaired) electrons. The summed E-state index contributed by atoms with van der Waals surface area (Å²) in [6.45, 7) is 4.04. The number of nitrogens with one attached hydrogen (secondary N) is 1. The van der Waals surface area contributed by atoms with Crippen LogP contribution in [0.1, 0.15) is 51.0 Å². The number of carbonyl (C=O) groups excluding carboxylic acids is 1.